The third kappa shape index (κ3) is 3.25. The van der Waals surface area contributed by atoms with Crippen LogP contribution in [0.15, 0.2) is 34.1 Å². The largest absolute Gasteiger partial charge is 0.394 e. The first kappa shape index (κ1) is 18.8. The Hall–Kier alpha value is -2.51. The van der Waals surface area contributed by atoms with Gasteiger partial charge in [0.1, 0.15) is 29.9 Å². The van der Waals surface area contributed by atoms with E-state index in [4.69, 9.17) is 10.5 Å². The normalized spacial score (nSPS) is 26.4. The van der Waals surface area contributed by atoms with E-state index in [9.17, 15) is 15.3 Å². The van der Waals surface area contributed by atoms with Gasteiger partial charge in [-0.2, -0.15) is 15.1 Å². The molecule has 3 aromatic heterocycles. The number of hydrogen-bond donors (Lipinski definition) is 4. The number of nitrogens with two attached hydrogens (primary N) is 1. The molecule has 28 heavy (non-hydrogen) atoms. The first-order valence-electron chi connectivity index (χ1n) is 8.56. The predicted molar refractivity (Wildman–Crippen MR) is 100.0 cm³/mol. The minimum atomic E-state index is -1.27. The summed E-state index contributed by atoms with van der Waals surface area (Å²) in [6, 6.07) is 3.74. The van der Waals surface area contributed by atoms with E-state index in [0.717, 1.165) is 4.88 Å². The lowest BCUT2D eigenvalue weighted by Gasteiger charge is -2.16. The van der Waals surface area contributed by atoms with Crippen molar-refractivity contribution in [3.05, 3.63) is 28.7 Å². The SMILES string of the molecule is CC(N=Nc1nc(N)c2ncn(C3O[C@H](CO)[C@@H](O)[C@H]3O)c2n1)c1cccs1. The van der Waals surface area contributed by atoms with Crippen LogP contribution in [-0.2, 0) is 4.74 Å². The minimum absolute atomic E-state index is 0.0434. The number of hydrogen-bond acceptors (Lipinski definition) is 11. The van der Waals surface area contributed by atoms with Gasteiger partial charge in [-0.1, -0.05) is 6.07 Å². The summed E-state index contributed by atoms with van der Waals surface area (Å²) in [6.07, 6.45) is -3.03. The van der Waals surface area contributed by atoms with Gasteiger partial charge in [0, 0.05) is 4.88 Å². The van der Waals surface area contributed by atoms with Crippen molar-refractivity contribution in [3.63, 3.8) is 0 Å². The van der Waals surface area contributed by atoms with Crippen molar-refractivity contribution >= 4 is 34.3 Å². The quantitative estimate of drug-likeness (QED) is 0.455. The zero-order valence-corrected chi connectivity index (χ0v) is 15.6. The van der Waals surface area contributed by atoms with Gasteiger partial charge in [-0.25, -0.2) is 4.98 Å². The summed E-state index contributed by atoms with van der Waals surface area (Å²) >= 11 is 1.57. The Bertz CT molecular complexity index is 992. The minimum Gasteiger partial charge on any atom is -0.394 e. The van der Waals surface area contributed by atoms with Crippen LogP contribution in [0.2, 0.25) is 0 Å². The second-order valence-corrected chi connectivity index (χ2v) is 7.35. The van der Waals surface area contributed by atoms with Crippen LogP contribution in [0, 0.1) is 0 Å². The molecule has 0 spiro atoms. The summed E-state index contributed by atoms with van der Waals surface area (Å²) in [4.78, 5) is 13.6. The van der Waals surface area contributed by atoms with Gasteiger partial charge in [0.05, 0.1) is 12.9 Å². The molecule has 11 nitrogen and oxygen atoms in total. The number of azo groups is 1. The van der Waals surface area contributed by atoms with E-state index in [1.807, 2.05) is 24.4 Å². The van der Waals surface area contributed by atoms with Gasteiger partial charge < -0.3 is 25.8 Å². The lowest BCUT2D eigenvalue weighted by atomic mass is 10.1. The maximum absolute atomic E-state index is 10.3. The molecule has 3 aromatic rings. The molecule has 0 saturated carbocycles. The molecule has 12 heteroatoms. The molecule has 0 aliphatic carbocycles. The first-order chi connectivity index (χ1) is 13.5. The molecule has 4 rings (SSSR count). The molecule has 1 fully saturated rings. The number of rotatable bonds is 5. The topological polar surface area (TPSA) is 164 Å². The molecule has 0 amide bonds. The monoisotopic (exact) mass is 405 g/mol. The molecule has 4 heterocycles. The van der Waals surface area contributed by atoms with Gasteiger partial charge in [0.15, 0.2) is 17.7 Å². The number of nitrogens with zero attached hydrogens (tertiary/aromatic N) is 6. The zero-order valence-electron chi connectivity index (χ0n) is 14.8. The van der Waals surface area contributed by atoms with Crippen molar-refractivity contribution in [2.45, 2.75) is 37.5 Å². The van der Waals surface area contributed by atoms with Gasteiger partial charge in [0.2, 0.25) is 0 Å². The molecule has 1 aliphatic heterocycles. The van der Waals surface area contributed by atoms with Gasteiger partial charge in [-0.15, -0.1) is 16.5 Å². The Morgan fingerprint density at radius 2 is 2.18 bits per heavy atom. The second-order valence-electron chi connectivity index (χ2n) is 6.37. The number of nitrogen functional groups attached to an aromatic ring is 1. The summed E-state index contributed by atoms with van der Waals surface area (Å²) < 4.78 is 6.96. The molecule has 1 saturated heterocycles. The average Bonchev–Trinajstić information content (AvgIpc) is 3.41. The number of aliphatic hydroxyl groups excluding tert-OH is 3. The molecule has 0 bridgehead atoms. The molecular formula is C16H19N7O4S. The summed E-state index contributed by atoms with van der Waals surface area (Å²) in [6.45, 7) is 1.47. The molecular weight excluding hydrogens is 386 g/mol. The third-order valence-corrected chi connectivity index (χ3v) is 5.55. The van der Waals surface area contributed by atoms with Gasteiger partial charge in [0.25, 0.3) is 5.95 Å². The number of anilines is 1. The second kappa shape index (κ2) is 7.48. The number of fused-ring (bicyclic) bond motifs is 1. The maximum Gasteiger partial charge on any atom is 0.272 e. The van der Waals surface area contributed by atoms with Crippen LogP contribution in [0.1, 0.15) is 24.1 Å². The average molecular weight is 405 g/mol. The fourth-order valence-electron chi connectivity index (χ4n) is 2.99. The van der Waals surface area contributed by atoms with Gasteiger partial charge in [-0.3, -0.25) is 4.57 Å². The predicted octanol–water partition coefficient (Wildman–Crippen LogP) is 0.926. The first-order valence-corrected chi connectivity index (χ1v) is 9.44. The molecule has 5 N–H and O–H groups in total. The Morgan fingerprint density at radius 1 is 1.36 bits per heavy atom. The highest BCUT2D eigenvalue weighted by Crippen LogP contribution is 2.32. The Kier molecular flexibility index (Phi) is 5.03. The van der Waals surface area contributed by atoms with Crippen LogP contribution in [-0.4, -0.2) is 59.8 Å². The van der Waals surface area contributed by atoms with Crippen LogP contribution < -0.4 is 5.73 Å². The molecule has 148 valence electrons. The maximum atomic E-state index is 10.3. The summed E-state index contributed by atoms with van der Waals surface area (Å²) in [5.41, 5.74) is 6.55. The van der Waals surface area contributed by atoms with E-state index in [-0.39, 0.29) is 23.5 Å². The zero-order chi connectivity index (χ0) is 19.8. The highest BCUT2D eigenvalue weighted by molar-refractivity contribution is 7.10. The molecule has 0 radical (unpaired) electrons. The lowest BCUT2D eigenvalue weighted by molar-refractivity contribution is -0.0511. The smallest absolute Gasteiger partial charge is 0.272 e. The van der Waals surface area contributed by atoms with Crippen molar-refractivity contribution in [3.8, 4) is 0 Å². The van der Waals surface area contributed by atoms with E-state index in [0.29, 0.717) is 5.52 Å². The third-order valence-electron chi connectivity index (χ3n) is 4.50. The summed E-state index contributed by atoms with van der Waals surface area (Å²) in [5.74, 6) is 0.148. The molecule has 0 aromatic carbocycles. The van der Waals surface area contributed by atoms with E-state index in [1.165, 1.54) is 10.9 Å². The lowest BCUT2D eigenvalue weighted by Crippen LogP contribution is -2.33. The van der Waals surface area contributed by atoms with E-state index < -0.39 is 31.1 Å². The number of ether oxygens (including phenoxy) is 1. The number of aliphatic hydroxyl groups is 3. The van der Waals surface area contributed by atoms with Crippen molar-refractivity contribution in [1.29, 1.82) is 0 Å². The van der Waals surface area contributed by atoms with E-state index >= 15 is 0 Å². The molecule has 1 aliphatic rings. The Morgan fingerprint density at radius 3 is 2.86 bits per heavy atom. The highest BCUT2D eigenvalue weighted by atomic mass is 32.1. The summed E-state index contributed by atoms with van der Waals surface area (Å²) in [5, 5.41) is 39.8. The molecule has 2 unspecified atom stereocenters. The fourth-order valence-corrected chi connectivity index (χ4v) is 3.71. The number of imidazole rings is 1. The van der Waals surface area contributed by atoms with Crippen LogP contribution in [0.25, 0.3) is 11.2 Å². The fraction of sp³-hybridized carbons (Fsp3) is 0.438. The van der Waals surface area contributed by atoms with Gasteiger partial charge in [-0.05, 0) is 18.4 Å². The Balaban J connectivity index is 1.67. The van der Waals surface area contributed by atoms with Crippen molar-refractivity contribution in [2.75, 3.05) is 12.3 Å². The number of thiophene rings is 1. The van der Waals surface area contributed by atoms with Crippen molar-refractivity contribution < 1.29 is 20.1 Å². The van der Waals surface area contributed by atoms with Crippen molar-refractivity contribution in [1.82, 2.24) is 19.5 Å². The standard InChI is InChI=1S/C16H19N7O4S/c1-7(9-3-2-4-28-9)21-22-16-19-13(17)10-14(20-16)23(6-18-10)15-12(26)11(25)8(5-24)27-15/h2-4,6-8,11-12,15,24-26H,5H2,1H3,(H2,17,19,20)/t7?,8-,11-,12-,15?/m1/s1. The van der Waals surface area contributed by atoms with Gasteiger partial charge >= 0.3 is 0 Å². The van der Waals surface area contributed by atoms with Crippen LogP contribution in [0.4, 0.5) is 11.8 Å². The molecule has 5 atom stereocenters. The highest BCUT2D eigenvalue weighted by Gasteiger charge is 2.44. The van der Waals surface area contributed by atoms with E-state index in [1.54, 1.807) is 11.3 Å². The van der Waals surface area contributed by atoms with Crippen molar-refractivity contribution in [2.24, 2.45) is 10.2 Å². The Labute approximate surface area is 163 Å². The van der Waals surface area contributed by atoms with Crippen LogP contribution >= 0.6 is 11.3 Å². The van der Waals surface area contributed by atoms with Crippen LogP contribution in [0.3, 0.4) is 0 Å². The van der Waals surface area contributed by atoms with Crippen LogP contribution in [0.5, 0.6) is 0 Å². The number of aromatic nitrogens is 4. The summed E-state index contributed by atoms with van der Waals surface area (Å²) in [7, 11) is 0. The van der Waals surface area contributed by atoms with E-state index in [2.05, 4.69) is 25.2 Å².